The fourth-order valence-corrected chi connectivity index (χ4v) is 8.23. The standard InChI is InChI=1S/C44H44N6O10/c1-5-28-30-16-25(52)8-11-35(30)45-40-33(28)20-49-36(40)18-31(34(22-58-4)42(49)55)39(21-51)60-44(57)48-14-12-27(13-15-48)59-26-9-6-24(7-10-26)50-41(46-47-43(50)56)32-17-29(23(2)3)37(53)19-38(32)54/h6-11,16-19,21,23,27,39,52-54H,5,12-15,20,22H2,1-4H3,(H,47,56). The van der Waals surface area contributed by atoms with Gasteiger partial charge in [-0.15, -0.1) is 0 Å². The lowest BCUT2D eigenvalue weighted by molar-refractivity contribution is -0.116. The van der Waals surface area contributed by atoms with Crippen LogP contribution in [-0.2, 0) is 33.8 Å². The van der Waals surface area contributed by atoms with Crippen LogP contribution >= 0.6 is 0 Å². The Morgan fingerprint density at radius 3 is 2.40 bits per heavy atom. The molecule has 2 aliphatic heterocycles. The summed E-state index contributed by atoms with van der Waals surface area (Å²) in [4.78, 5) is 59.4. The van der Waals surface area contributed by atoms with Crippen LogP contribution in [-0.4, -0.2) is 83.2 Å². The molecule has 60 heavy (non-hydrogen) atoms. The van der Waals surface area contributed by atoms with Gasteiger partial charge in [-0.1, -0.05) is 20.8 Å². The van der Waals surface area contributed by atoms with Gasteiger partial charge in [-0.2, -0.15) is 5.10 Å². The number of carbonyl (C=O) groups is 2. The average Bonchev–Trinajstić information content (AvgIpc) is 3.80. The first-order valence-electron chi connectivity index (χ1n) is 19.7. The third-order valence-corrected chi connectivity index (χ3v) is 11.3. The van der Waals surface area contributed by atoms with Crippen LogP contribution in [0.5, 0.6) is 23.0 Å². The van der Waals surface area contributed by atoms with E-state index >= 15 is 0 Å². The highest BCUT2D eigenvalue weighted by Crippen LogP contribution is 2.39. The summed E-state index contributed by atoms with van der Waals surface area (Å²) >= 11 is 0. The smallest absolute Gasteiger partial charge is 0.410 e. The topological polar surface area (TPSA) is 211 Å². The number of aromatic hydroxyl groups is 3. The number of fused-ring (bicyclic) bond motifs is 4. The number of aldehydes is 1. The van der Waals surface area contributed by atoms with Gasteiger partial charge in [-0.3, -0.25) is 9.59 Å². The number of hydrogen-bond donors (Lipinski definition) is 4. The zero-order valence-corrected chi connectivity index (χ0v) is 33.5. The highest BCUT2D eigenvalue weighted by atomic mass is 16.6. The molecule has 1 unspecified atom stereocenters. The van der Waals surface area contributed by atoms with E-state index < -0.39 is 17.9 Å². The van der Waals surface area contributed by atoms with Crippen molar-refractivity contribution < 1.29 is 39.1 Å². The maximum absolute atomic E-state index is 14.0. The van der Waals surface area contributed by atoms with Crippen LogP contribution in [0.25, 0.3) is 39.4 Å². The number of aromatic nitrogens is 5. The van der Waals surface area contributed by atoms with Crippen LogP contribution in [0.4, 0.5) is 4.79 Å². The van der Waals surface area contributed by atoms with Crippen LogP contribution < -0.4 is 16.0 Å². The zero-order chi connectivity index (χ0) is 42.4. The average molecular weight is 817 g/mol. The van der Waals surface area contributed by atoms with Crippen LogP contribution in [0, 0.1) is 0 Å². The molecule has 310 valence electrons. The number of aromatic amines is 1. The van der Waals surface area contributed by atoms with E-state index in [0.29, 0.717) is 59.5 Å². The van der Waals surface area contributed by atoms with E-state index in [9.17, 15) is 34.5 Å². The first-order valence-corrected chi connectivity index (χ1v) is 19.7. The molecule has 0 spiro atoms. The molecule has 16 nitrogen and oxygen atoms in total. The Bertz CT molecular complexity index is 2760. The van der Waals surface area contributed by atoms with Gasteiger partial charge in [0, 0.05) is 55.6 Å². The predicted octanol–water partition coefficient (Wildman–Crippen LogP) is 5.84. The number of methoxy groups -OCH3 is 1. The molecule has 3 aromatic heterocycles. The fourth-order valence-electron chi connectivity index (χ4n) is 8.23. The van der Waals surface area contributed by atoms with Gasteiger partial charge in [-0.25, -0.2) is 24.2 Å². The summed E-state index contributed by atoms with van der Waals surface area (Å²) in [7, 11) is 1.44. The minimum atomic E-state index is -1.39. The Labute approximate surface area is 343 Å². The summed E-state index contributed by atoms with van der Waals surface area (Å²) in [5.41, 5.74) is 4.43. The van der Waals surface area contributed by atoms with Crippen molar-refractivity contribution in [2.24, 2.45) is 0 Å². The fraction of sp³-hybridized carbons (Fsp3) is 0.318. The number of H-pyrrole nitrogens is 1. The molecular formula is C44H44N6O10. The Morgan fingerprint density at radius 1 is 0.967 bits per heavy atom. The number of aryl methyl sites for hydroxylation is 1. The number of ether oxygens (including phenoxy) is 3. The van der Waals surface area contributed by atoms with Gasteiger partial charge in [-0.05, 0) is 78.1 Å². The summed E-state index contributed by atoms with van der Waals surface area (Å²) in [6, 6.07) is 16.3. The van der Waals surface area contributed by atoms with Crippen molar-refractivity contribution >= 4 is 23.3 Å². The number of amides is 1. The lowest BCUT2D eigenvalue weighted by Crippen LogP contribution is -2.42. The molecular weight excluding hydrogens is 773 g/mol. The molecule has 3 aromatic carbocycles. The minimum Gasteiger partial charge on any atom is -0.508 e. The molecule has 4 N–H and O–H groups in total. The number of benzene rings is 3. The molecule has 6 aromatic rings. The molecule has 16 heteroatoms. The highest BCUT2D eigenvalue weighted by Gasteiger charge is 2.33. The second kappa shape index (κ2) is 16.0. The minimum absolute atomic E-state index is 0.0466. The van der Waals surface area contributed by atoms with E-state index in [1.54, 1.807) is 59.2 Å². The number of pyridine rings is 2. The summed E-state index contributed by atoms with van der Waals surface area (Å²) in [5.74, 6) is 0.502. The van der Waals surface area contributed by atoms with Crippen molar-refractivity contribution in [1.29, 1.82) is 0 Å². The largest absolute Gasteiger partial charge is 0.508 e. The van der Waals surface area contributed by atoms with E-state index in [1.165, 1.54) is 22.6 Å². The van der Waals surface area contributed by atoms with Crippen molar-refractivity contribution in [2.45, 2.75) is 71.3 Å². The summed E-state index contributed by atoms with van der Waals surface area (Å²) < 4.78 is 20.3. The zero-order valence-electron chi connectivity index (χ0n) is 33.5. The quantitative estimate of drug-likeness (QED) is 0.114. The first-order chi connectivity index (χ1) is 28.9. The van der Waals surface area contributed by atoms with E-state index in [0.717, 1.165) is 16.5 Å². The summed E-state index contributed by atoms with van der Waals surface area (Å²) in [5, 5.41) is 38.5. The van der Waals surface area contributed by atoms with Crippen LogP contribution in [0.3, 0.4) is 0 Å². The normalized spacial score (nSPS) is 14.3. The number of phenols is 3. The van der Waals surface area contributed by atoms with Gasteiger partial charge in [0.15, 0.2) is 18.2 Å². The molecule has 2 aliphatic rings. The highest BCUT2D eigenvalue weighted by molar-refractivity contribution is 5.89. The number of nitrogens with one attached hydrogen (secondary N) is 1. The Kier molecular flexibility index (Phi) is 10.6. The van der Waals surface area contributed by atoms with E-state index in [-0.39, 0.29) is 83.6 Å². The van der Waals surface area contributed by atoms with Crippen molar-refractivity contribution in [3.05, 3.63) is 109 Å². The Morgan fingerprint density at radius 2 is 1.72 bits per heavy atom. The molecule has 1 saturated heterocycles. The summed E-state index contributed by atoms with van der Waals surface area (Å²) in [6.07, 6.45) is -0.271. The predicted molar refractivity (Wildman–Crippen MR) is 220 cm³/mol. The molecule has 1 atom stereocenters. The molecule has 8 rings (SSSR count). The number of phenolic OH excluding ortho intramolecular Hbond substituents is 3. The molecule has 0 saturated carbocycles. The van der Waals surface area contributed by atoms with Gasteiger partial charge >= 0.3 is 11.8 Å². The van der Waals surface area contributed by atoms with Crippen molar-refractivity contribution in [1.82, 2.24) is 29.2 Å². The number of hydrogen-bond acceptors (Lipinski definition) is 12. The van der Waals surface area contributed by atoms with Crippen molar-refractivity contribution in [2.75, 3.05) is 20.2 Å². The van der Waals surface area contributed by atoms with Gasteiger partial charge in [0.25, 0.3) is 5.56 Å². The maximum atomic E-state index is 14.0. The number of carbonyl (C=O) groups excluding carboxylic acids is 2. The second-order valence-electron chi connectivity index (χ2n) is 15.3. The number of piperidine rings is 1. The van der Waals surface area contributed by atoms with Gasteiger partial charge in [0.2, 0.25) is 0 Å². The van der Waals surface area contributed by atoms with Gasteiger partial charge in [0.1, 0.15) is 29.1 Å². The van der Waals surface area contributed by atoms with Crippen LogP contribution in [0.15, 0.2) is 70.3 Å². The van der Waals surface area contributed by atoms with Crippen molar-refractivity contribution in [3.63, 3.8) is 0 Å². The molecule has 1 amide bonds. The third-order valence-electron chi connectivity index (χ3n) is 11.3. The number of likely N-dealkylation sites (tertiary alicyclic amines) is 1. The lowest BCUT2D eigenvalue weighted by Gasteiger charge is -2.32. The van der Waals surface area contributed by atoms with Crippen molar-refractivity contribution in [3.8, 4) is 51.5 Å². The molecule has 0 radical (unpaired) electrons. The molecule has 0 bridgehead atoms. The van der Waals surface area contributed by atoms with E-state index in [2.05, 4.69) is 10.2 Å². The first kappa shape index (κ1) is 39.9. The van der Waals surface area contributed by atoms with Crippen LogP contribution in [0.2, 0.25) is 0 Å². The summed E-state index contributed by atoms with van der Waals surface area (Å²) in [6.45, 7) is 6.52. The monoisotopic (exact) mass is 816 g/mol. The second-order valence-corrected chi connectivity index (χ2v) is 15.3. The van der Waals surface area contributed by atoms with Gasteiger partial charge in [0.05, 0.1) is 46.9 Å². The Balaban J connectivity index is 0.955. The SMILES string of the molecule is CCc1c2c(nc3ccc(O)cc13)-c1cc(C(C=O)OC(=O)N3CCC(Oc4ccc(-n5c(-c6cc(C(C)C)c(O)cc6O)n[nH]c5=O)cc4)CC3)c(COC)c(=O)n1C2. The van der Waals surface area contributed by atoms with E-state index in [1.807, 2.05) is 20.8 Å². The number of nitrogens with zero attached hydrogens (tertiary/aromatic N) is 5. The van der Waals surface area contributed by atoms with E-state index in [4.69, 9.17) is 19.2 Å². The maximum Gasteiger partial charge on any atom is 0.410 e. The Hall–Kier alpha value is -6.94. The number of rotatable bonds is 11. The molecule has 0 aliphatic carbocycles. The molecule has 1 fully saturated rings. The van der Waals surface area contributed by atoms with Gasteiger partial charge < -0.3 is 39.0 Å². The lowest BCUT2D eigenvalue weighted by atomic mass is 9.98. The molecule has 5 heterocycles. The third kappa shape index (κ3) is 7.12. The van der Waals surface area contributed by atoms with Crippen LogP contribution in [0.1, 0.15) is 73.5 Å².